The van der Waals surface area contributed by atoms with Crippen molar-refractivity contribution in [3.63, 3.8) is 0 Å². The normalized spacial score (nSPS) is 26.1. The maximum Gasteiger partial charge on any atom is 0.0594 e. The summed E-state index contributed by atoms with van der Waals surface area (Å²) >= 11 is 0. The molecule has 0 atom stereocenters. The Morgan fingerprint density at radius 2 is 1.69 bits per heavy atom. The summed E-state index contributed by atoms with van der Waals surface area (Å²) in [6.45, 7) is 11.9. The summed E-state index contributed by atoms with van der Waals surface area (Å²) in [5.41, 5.74) is 0.678. The van der Waals surface area contributed by atoms with E-state index < -0.39 is 0 Å². The van der Waals surface area contributed by atoms with Crippen LogP contribution >= 0.6 is 0 Å². The van der Waals surface area contributed by atoms with Gasteiger partial charge in [-0.1, -0.05) is 20.8 Å². The lowest BCUT2D eigenvalue weighted by molar-refractivity contribution is 0.0298. The second kappa shape index (κ2) is 4.97. The van der Waals surface area contributed by atoms with E-state index in [1.54, 1.807) is 0 Å². The van der Waals surface area contributed by atoms with E-state index in [1.165, 1.54) is 19.4 Å². The largest absolute Gasteiger partial charge is 0.379 e. The smallest absolute Gasteiger partial charge is 0.0594 e. The molecule has 0 spiro atoms. The van der Waals surface area contributed by atoms with Crippen LogP contribution in [0, 0.1) is 5.41 Å². The Hall–Kier alpha value is -0.0800. The maximum absolute atomic E-state index is 5.29. The Labute approximate surface area is 82.3 Å². The van der Waals surface area contributed by atoms with Crippen molar-refractivity contribution in [2.45, 2.75) is 33.6 Å². The summed E-state index contributed by atoms with van der Waals surface area (Å²) in [6, 6.07) is 0. The minimum atomic E-state index is 0.678. The molecule has 1 saturated carbocycles. The molecule has 1 aliphatic carbocycles. The first-order chi connectivity index (χ1) is 6.29. The zero-order valence-corrected chi connectivity index (χ0v) is 9.31. The fraction of sp³-hybridized carbons (Fsp3) is 1.00. The molecule has 0 radical (unpaired) electrons. The zero-order chi connectivity index (χ0) is 9.73. The van der Waals surface area contributed by atoms with Crippen LogP contribution in [0.25, 0.3) is 0 Å². The third-order valence-electron chi connectivity index (χ3n) is 2.81. The van der Waals surface area contributed by atoms with Gasteiger partial charge in [0.1, 0.15) is 0 Å². The molecule has 0 unspecified atom stereocenters. The second-order valence-electron chi connectivity index (χ2n) is 4.20. The summed E-state index contributed by atoms with van der Waals surface area (Å²) in [5.74, 6) is 0. The van der Waals surface area contributed by atoms with Crippen molar-refractivity contribution in [1.82, 2.24) is 4.90 Å². The van der Waals surface area contributed by atoms with Crippen LogP contribution in [-0.2, 0) is 4.74 Å². The SMILES string of the molecule is CC.CC1(CN2CCOCC2)CC1. The first-order valence-electron chi connectivity index (χ1n) is 5.59. The molecule has 2 rings (SSSR count). The predicted molar refractivity (Wildman–Crippen MR) is 55.9 cm³/mol. The van der Waals surface area contributed by atoms with Crippen LogP contribution in [0.4, 0.5) is 0 Å². The monoisotopic (exact) mass is 185 g/mol. The Morgan fingerprint density at radius 1 is 1.15 bits per heavy atom. The number of hydrogen-bond donors (Lipinski definition) is 0. The average molecular weight is 185 g/mol. The minimum absolute atomic E-state index is 0.678. The molecule has 2 nitrogen and oxygen atoms in total. The Kier molecular flexibility index (Phi) is 4.20. The van der Waals surface area contributed by atoms with Crippen molar-refractivity contribution < 1.29 is 4.74 Å². The average Bonchev–Trinajstić information content (AvgIpc) is 2.88. The Balaban J connectivity index is 0.000000396. The van der Waals surface area contributed by atoms with E-state index >= 15 is 0 Å². The third kappa shape index (κ3) is 3.65. The Morgan fingerprint density at radius 3 is 2.15 bits per heavy atom. The summed E-state index contributed by atoms with van der Waals surface area (Å²) in [7, 11) is 0. The highest BCUT2D eigenvalue weighted by atomic mass is 16.5. The molecule has 78 valence electrons. The van der Waals surface area contributed by atoms with Crippen molar-refractivity contribution in [1.29, 1.82) is 0 Å². The summed E-state index contributed by atoms with van der Waals surface area (Å²) in [5, 5.41) is 0. The van der Waals surface area contributed by atoms with Gasteiger partial charge in [0.2, 0.25) is 0 Å². The van der Waals surface area contributed by atoms with E-state index in [4.69, 9.17) is 4.74 Å². The van der Waals surface area contributed by atoms with E-state index in [2.05, 4.69) is 11.8 Å². The highest BCUT2D eigenvalue weighted by Gasteiger charge is 2.38. The Bertz CT molecular complexity index is 137. The first-order valence-corrected chi connectivity index (χ1v) is 5.59. The van der Waals surface area contributed by atoms with Crippen molar-refractivity contribution in [3.8, 4) is 0 Å². The van der Waals surface area contributed by atoms with Crippen molar-refractivity contribution in [2.24, 2.45) is 5.41 Å². The number of rotatable bonds is 2. The molecule has 1 saturated heterocycles. The molecule has 0 aromatic heterocycles. The van der Waals surface area contributed by atoms with Crippen molar-refractivity contribution >= 4 is 0 Å². The molecule has 13 heavy (non-hydrogen) atoms. The standard InChI is InChI=1S/C9H17NO.C2H6/c1-9(2-3-9)8-10-4-6-11-7-5-10;1-2/h2-8H2,1H3;1-2H3. The lowest BCUT2D eigenvalue weighted by Gasteiger charge is -2.28. The molecular weight excluding hydrogens is 162 g/mol. The third-order valence-corrected chi connectivity index (χ3v) is 2.81. The molecule has 0 amide bonds. The van der Waals surface area contributed by atoms with E-state index in [-0.39, 0.29) is 0 Å². The van der Waals surface area contributed by atoms with Gasteiger partial charge >= 0.3 is 0 Å². The fourth-order valence-corrected chi connectivity index (χ4v) is 1.67. The number of ether oxygens (including phenoxy) is 1. The van der Waals surface area contributed by atoms with Gasteiger partial charge < -0.3 is 4.74 Å². The molecule has 1 aliphatic heterocycles. The van der Waals surface area contributed by atoms with Gasteiger partial charge in [0.25, 0.3) is 0 Å². The number of nitrogens with zero attached hydrogens (tertiary/aromatic N) is 1. The molecule has 1 heterocycles. The topological polar surface area (TPSA) is 12.5 Å². The van der Waals surface area contributed by atoms with Gasteiger partial charge in [-0.15, -0.1) is 0 Å². The van der Waals surface area contributed by atoms with E-state index in [0.29, 0.717) is 5.41 Å². The van der Waals surface area contributed by atoms with Crippen LogP contribution < -0.4 is 0 Å². The molecule has 0 aromatic rings. The quantitative estimate of drug-likeness (QED) is 0.653. The van der Waals surface area contributed by atoms with Gasteiger partial charge in [-0.25, -0.2) is 0 Å². The molecule has 2 aliphatic rings. The van der Waals surface area contributed by atoms with Gasteiger partial charge in [0, 0.05) is 19.6 Å². The van der Waals surface area contributed by atoms with Gasteiger partial charge in [-0.3, -0.25) is 4.90 Å². The molecule has 0 N–H and O–H groups in total. The van der Waals surface area contributed by atoms with E-state index in [9.17, 15) is 0 Å². The molecular formula is C11H23NO. The van der Waals surface area contributed by atoms with Gasteiger partial charge in [-0.2, -0.15) is 0 Å². The maximum atomic E-state index is 5.29. The van der Waals surface area contributed by atoms with Crippen LogP contribution in [0.5, 0.6) is 0 Å². The summed E-state index contributed by atoms with van der Waals surface area (Å²) in [6.07, 6.45) is 2.87. The van der Waals surface area contributed by atoms with E-state index in [0.717, 1.165) is 26.3 Å². The van der Waals surface area contributed by atoms with E-state index in [1.807, 2.05) is 13.8 Å². The van der Waals surface area contributed by atoms with Gasteiger partial charge in [0.05, 0.1) is 13.2 Å². The fourth-order valence-electron chi connectivity index (χ4n) is 1.67. The number of hydrogen-bond acceptors (Lipinski definition) is 2. The van der Waals surface area contributed by atoms with Crippen LogP contribution in [0.1, 0.15) is 33.6 Å². The number of morpholine rings is 1. The van der Waals surface area contributed by atoms with Crippen LogP contribution in [-0.4, -0.2) is 37.7 Å². The lowest BCUT2D eigenvalue weighted by Crippen LogP contribution is -2.39. The summed E-state index contributed by atoms with van der Waals surface area (Å²) < 4.78 is 5.29. The molecule has 0 aromatic carbocycles. The predicted octanol–water partition coefficient (Wildman–Crippen LogP) is 2.14. The zero-order valence-electron chi connectivity index (χ0n) is 9.31. The highest BCUT2D eigenvalue weighted by Crippen LogP contribution is 2.45. The van der Waals surface area contributed by atoms with Crippen molar-refractivity contribution in [2.75, 3.05) is 32.8 Å². The first kappa shape index (κ1) is 11.0. The lowest BCUT2D eigenvalue weighted by atomic mass is 10.1. The van der Waals surface area contributed by atoms with Crippen molar-refractivity contribution in [3.05, 3.63) is 0 Å². The second-order valence-corrected chi connectivity index (χ2v) is 4.20. The van der Waals surface area contributed by atoms with Crippen LogP contribution in [0.15, 0.2) is 0 Å². The highest BCUT2D eigenvalue weighted by molar-refractivity contribution is 4.91. The van der Waals surface area contributed by atoms with Gasteiger partial charge in [0.15, 0.2) is 0 Å². The summed E-state index contributed by atoms with van der Waals surface area (Å²) in [4.78, 5) is 2.54. The minimum Gasteiger partial charge on any atom is -0.379 e. The molecule has 2 heteroatoms. The van der Waals surface area contributed by atoms with Crippen LogP contribution in [0.2, 0.25) is 0 Å². The van der Waals surface area contributed by atoms with Gasteiger partial charge in [-0.05, 0) is 18.3 Å². The molecule has 2 fully saturated rings. The molecule has 0 bridgehead atoms. The van der Waals surface area contributed by atoms with Crippen LogP contribution in [0.3, 0.4) is 0 Å².